The highest BCUT2D eigenvalue weighted by molar-refractivity contribution is 5.42. The molecule has 2 aliphatic rings. The molecular formula is C11H14O. The van der Waals surface area contributed by atoms with E-state index < -0.39 is 0 Å². The number of rotatable bonds is 1. The van der Waals surface area contributed by atoms with Crippen molar-refractivity contribution in [3.8, 4) is 0 Å². The maximum atomic E-state index is 4.99. The molecule has 0 atom stereocenters. The number of allylic oxidation sites excluding steroid dienone is 5. The second-order valence-corrected chi connectivity index (χ2v) is 3.42. The van der Waals surface area contributed by atoms with Crippen molar-refractivity contribution in [2.45, 2.75) is 25.7 Å². The summed E-state index contributed by atoms with van der Waals surface area (Å²) in [4.78, 5) is 0. The van der Waals surface area contributed by atoms with Gasteiger partial charge in [0.05, 0.1) is 13.4 Å². The molecule has 0 radical (unpaired) electrons. The van der Waals surface area contributed by atoms with Gasteiger partial charge in [0.2, 0.25) is 0 Å². The van der Waals surface area contributed by atoms with E-state index in [4.69, 9.17) is 4.74 Å². The van der Waals surface area contributed by atoms with Crippen LogP contribution in [0, 0.1) is 0 Å². The highest BCUT2D eigenvalue weighted by Gasteiger charge is 2.16. The Bertz CT molecular complexity index is 269. The average molecular weight is 162 g/mol. The largest absolute Gasteiger partial charge is 0.504 e. The summed E-state index contributed by atoms with van der Waals surface area (Å²) in [5.41, 5.74) is 4.50. The Morgan fingerprint density at radius 3 is 3.08 bits per heavy atom. The molecule has 0 aromatic rings. The van der Waals surface area contributed by atoms with Gasteiger partial charge in [-0.05, 0) is 36.8 Å². The van der Waals surface area contributed by atoms with Crippen LogP contribution in [0.1, 0.15) is 25.7 Å². The lowest BCUT2D eigenvalue weighted by atomic mass is 9.97. The fraction of sp³-hybridized carbons (Fsp3) is 0.455. The first-order chi connectivity index (χ1) is 5.90. The van der Waals surface area contributed by atoms with Gasteiger partial charge in [-0.25, -0.2) is 0 Å². The fourth-order valence-electron chi connectivity index (χ4n) is 1.98. The molecule has 0 fully saturated rings. The summed E-state index contributed by atoms with van der Waals surface area (Å²) in [5.74, 6) is 0. The number of ether oxygens (including phenoxy) is 1. The first-order valence-electron chi connectivity index (χ1n) is 4.51. The Kier molecular flexibility index (Phi) is 2.03. The lowest BCUT2D eigenvalue weighted by Crippen LogP contribution is -1.91. The zero-order valence-electron chi connectivity index (χ0n) is 7.47. The third kappa shape index (κ3) is 1.31. The van der Waals surface area contributed by atoms with Crippen molar-refractivity contribution >= 4 is 0 Å². The summed E-state index contributed by atoms with van der Waals surface area (Å²) in [6.45, 7) is 0. The van der Waals surface area contributed by atoms with E-state index in [-0.39, 0.29) is 0 Å². The third-order valence-electron chi connectivity index (χ3n) is 2.56. The monoisotopic (exact) mass is 162 g/mol. The molecule has 64 valence electrons. The lowest BCUT2D eigenvalue weighted by molar-refractivity contribution is 0.334. The number of hydrogen-bond donors (Lipinski definition) is 0. The summed E-state index contributed by atoms with van der Waals surface area (Å²) in [6, 6.07) is 0. The van der Waals surface area contributed by atoms with Gasteiger partial charge in [0.15, 0.2) is 0 Å². The number of methoxy groups -OCH3 is 1. The minimum absolute atomic E-state index is 1.11. The van der Waals surface area contributed by atoms with E-state index in [1.807, 2.05) is 6.26 Å². The summed E-state index contributed by atoms with van der Waals surface area (Å²) in [6.07, 6.45) is 11.3. The zero-order valence-corrected chi connectivity index (χ0v) is 7.47. The van der Waals surface area contributed by atoms with E-state index in [1.54, 1.807) is 18.3 Å². The van der Waals surface area contributed by atoms with Gasteiger partial charge < -0.3 is 4.74 Å². The predicted molar refractivity (Wildman–Crippen MR) is 49.7 cm³/mol. The van der Waals surface area contributed by atoms with Gasteiger partial charge in [-0.2, -0.15) is 0 Å². The lowest BCUT2D eigenvalue weighted by Gasteiger charge is -2.10. The molecule has 0 saturated carbocycles. The standard InChI is InChI=1S/C11H14O/c1-12-8-9-5-6-10-3-2-4-11(10)7-9/h5-6,8H,2-4,7H2,1H3/b9-8-. The van der Waals surface area contributed by atoms with Gasteiger partial charge in [-0.1, -0.05) is 17.7 Å². The Labute approximate surface area is 73.4 Å². The first kappa shape index (κ1) is 7.66. The highest BCUT2D eigenvalue weighted by Crippen LogP contribution is 2.34. The molecule has 0 saturated heterocycles. The van der Waals surface area contributed by atoms with Crippen molar-refractivity contribution in [2.75, 3.05) is 7.11 Å². The van der Waals surface area contributed by atoms with E-state index in [1.165, 1.54) is 24.8 Å². The van der Waals surface area contributed by atoms with Crippen LogP contribution in [0.2, 0.25) is 0 Å². The van der Waals surface area contributed by atoms with Crippen LogP contribution < -0.4 is 0 Å². The van der Waals surface area contributed by atoms with E-state index in [0.29, 0.717) is 0 Å². The van der Waals surface area contributed by atoms with Crippen LogP contribution in [0.25, 0.3) is 0 Å². The second kappa shape index (κ2) is 3.18. The average Bonchev–Trinajstić information content (AvgIpc) is 2.51. The fourth-order valence-corrected chi connectivity index (χ4v) is 1.98. The minimum atomic E-state index is 1.11. The van der Waals surface area contributed by atoms with Crippen LogP contribution >= 0.6 is 0 Å². The third-order valence-corrected chi connectivity index (χ3v) is 2.56. The Morgan fingerprint density at radius 2 is 2.25 bits per heavy atom. The van der Waals surface area contributed by atoms with Crippen LogP contribution in [-0.2, 0) is 4.74 Å². The maximum Gasteiger partial charge on any atom is 0.0859 e. The smallest absolute Gasteiger partial charge is 0.0859 e. The van der Waals surface area contributed by atoms with E-state index in [0.717, 1.165) is 6.42 Å². The molecule has 0 aromatic heterocycles. The molecule has 2 rings (SSSR count). The van der Waals surface area contributed by atoms with E-state index in [9.17, 15) is 0 Å². The first-order valence-corrected chi connectivity index (χ1v) is 4.51. The normalized spacial score (nSPS) is 24.9. The van der Waals surface area contributed by atoms with Gasteiger partial charge in [0.25, 0.3) is 0 Å². The SMILES string of the molecule is CO/C=C1/C=CC2=C(CCC2)C1. The molecule has 0 amide bonds. The Balaban J connectivity index is 2.16. The molecule has 0 N–H and O–H groups in total. The molecule has 1 nitrogen and oxygen atoms in total. The Morgan fingerprint density at radius 1 is 1.33 bits per heavy atom. The van der Waals surface area contributed by atoms with Gasteiger partial charge in [0, 0.05) is 0 Å². The van der Waals surface area contributed by atoms with Crippen molar-refractivity contribution < 1.29 is 4.74 Å². The number of hydrogen-bond acceptors (Lipinski definition) is 1. The molecule has 1 heteroatoms. The summed E-state index contributed by atoms with van der Waals surface area (Å²) < 4.78 is 4.99. The van der Waals surface area contributed by atoms with Crippen LogP contribution in [0.5, 0.6) is 0 Å². The van der Waals surface area contributed by atoms with E-state index in [2.05, 4.69) is 12.2 Å². The minimum Gasteiger partial charge on any atom is -0.504 e. The summed E-state index contributed by atoms with van der Waals surface area (Å²) in [7, 11) is 1.71. The van der Waals surface area contributed by atoms with Gasteiger partial charge in [0.1, 0.15) is 0 Å². The molecule has 0 unspecified atom stereocenters. The molecule has 2 aliphatic carbocycles. The van der Waals surface area contributed by atoms with Crippen LogP contribution in [-0.4, -0.2) is 7.11 Å². The van der Waals surface area contributed by atoms with Crippen LogP contribution in [0.3, 0.4) is 0 Å². The van der Waals surface area contributed by atoms with Gasteiger partial charge >= 0.3 is 0 Å². The van der Waals surface area contributed by atoms with Crippen molar-refractivity contribution in [3.63, 3.8) is 0 Å². The summed E-state index contributed by atoms with van der Waals surface area (Å²) >= 11 is 0. The Hall–Kier alpha value is -0.980. The molecule has 0 bridgehead atoms. The topological polar surface area (TPSA) is 9.23 Å². The predicted octanol–water partition coefficient (Wildman–Crippen LogP) is 2.96. The van der Waals surface area contributed by atoms with Crippen LogP contribution in [0.15, 0.2) is 35.1 Å². The molecule has 0 spiro atoms. The maximum absolute atomic E-state index is 4.99. The van der Waals surface area contributed by atoms with Gasteiger partial charge in [-0.15, -0.1) is 0 Å². The zero-order chi connectivity index (χ0) is 8.39. The molecular weight excluding hydrogens is 148 g/mol. The van der Waals surface area contributed by atoms with Crippen LogP contribution in [0.4, 0.5) is 0 Å². The quantitative estimate of drug-likeness (QED) is 0.538. The van der Waals surface area contributed by atoms with Crippen molar-refractivity contribution in [1.82, 2.24) is 0 Å². The van der Waals surface area contributed by atoms with Crippen molar-refractivity contribution in [2.24, 2.45) is 0 Å². The van der Waals surface area contributed by atoms with Crippen molar-refractivity contribution in [3.05, 3.63) is 35.1 Å². The molecule has 12 heavy (non-hydrogen) atoms. The highest BCUT2D eigenvalue weighted by atomic mass is 16.5. The molecule has 0 heterocycles. The van der Waals surface area contributed by atoms with Crippen molar-refractivity contribution in [1.29, 1.82) is 0 Å². The molecule has 0 aliphatic heterocycles. The second-order valence-electron chi connectivity index (χ2n) is 3.42. The van der Waals surface area contributed by atoms with Gasteiger partial charge in [-0.3, -0.25) is 0 Å². The van der Waals surface area contributed by atoms with E-state index >= 15 is 0 Å². The molecule has 0 aromatic carbocycles. The summed E-state index contributed by atoms with van der Waals surface area (Å²) in [5, 5.41) is 0.